The summed E-state index contributed by atoms with van der Waals surface area (Å²) in [5.41, 5.74) is -1.73. The minimum Gasteiger partial charge on any atom is -0.283 e. The van der Waals surface area contributed by atoms with E-state index in [0.29, 0.717) is 6.07 Å². The van der Waals surface area contributed by atoms with Crippen LogP contribution >= 0.6 is 0 Å². The standard InChI is InChI=1S/C14H11F3N2O4S/c15-14(16,17)11-5-3-6-12(8-11)18-24(22,23)9-10-4-1-2-7-13(10)19(20)21/h1-8,18H,9H2. The molecule has 2 aromatic rings. The molecule has 2 aromatic carbocycles. The normalized spacial score (nSPS) is 12.0. The summed E-state index contributed by atoms with van der Waals surface area (Å²) in [4.78, 5) is 10.2. The lowest BCUT2D eigenvalue weighted by Gasteiger charge is -2.11. The Morgan fingerprint density at radius 2 is 1.75 bits per heavy atom. The quantitative estimate of drug-likeness (QED) is 0.652. The Balaban J connectivity index is 2.26. The van der Waals surface area contributed by atoms with Crippen LogP contribution in [0.5, 0.6) is 0 Å². The SMILES string of the molecule is O=[N+]([O-])c1ccccc1CS(=O)(=O)Nc1cccc(C(F)(F)F)c1. The molecule has 0 radical (unpaired) electrons. The Hall–Kier alpha value is -2.62. The van der Waals surface area contributed by atoms with Crippen LogP contribution in [0.2, 0.25) is 0 Å². The fourth-order valence-corrected chi connectivity index (χ4v) is 3.20. The predicted octanol–water partition coefficient (Wildman–Crippen LogP) is 3.56. The van der Waals surface area contributed by atoms with Gasteiger partial charge in [0, 0.05) is 17.3 Å². The number of halogens is 3. The van der Waals surface area contributed by atoms with E-state index in [-0.39, 0.29) is 16.9 Å². The lowest BCUT2D eigenvalue weighted by molar-refractivity contribution is -0.385. The fraction of sp³-hybridized carbons (Fsp3) is 0.143. The molecule has 0 aliphatic carbocycles. The second kappa shape index (κ2) is 6.48. The molecule has 24 heavy (non-hydrogen) atoms. The van der Waals surface area contributed by atoms with Crippen LogP contribution in [0.1, 0.15) is 11.1 Å². The largest absolute Gasteiger partial charge is 0.416 e. The van der Waals surface area contributed by atoms with Crippen molar-refractivity contribution < 1.29 is 26.5 Å². The average molecular weight is 360 g/mol. The topological polar surface area (TPSA) is 89.3 Å². The lowest BCUT2D eigenvalue weighted by Crippen LogP contribution is -2.16. The lowest BCUT2D eigenvalue weighted by atomic mass is 10.2. The Morgan fingerprint density at radius 1 is 1.08 bits per heavy atom. The highest BCUT2D eigenvalue weighted by molar-refractivity contribution is 7.91. The monoisotopic (exact) mass is 360 g/mol. The van der Waals surface area contributed by atoms with Crippen LogP contribution in [0, 0.1) is 10.1 Å². The molecule has 0 bridgehead atoms. The maximum Gasteiger partial charge on any atom is 0.416 e. The molecule has 1 N–H and O–H groups in total. The highest BCUT2D eigenvalue weighted by atomic mass is 32.2. The first-order valence-electron chi connectivity index (χ1n) is 6.48. The van der Waals surface area contributed by atoms with Crippen LogP contribution in [0.25, 0.3) is 0 Å². The number of para-hydroxylation sites is 1. The molecule has 0 fully saturated rings. The summed E-state index contributed by atoms with van der Waals surface area (Å²) in [5, 5.41) is 10.9. The number of hydrogen-bond donors (Lipinski definition) is 1. The number of hydrogen-bond acceptors (Lipinski definition) is 4. The molecule has 0 atom stereocenters. The molecule has 0 aliphatic heterocycles. The third kappa shape index (κ3) is 4.44. The molecule has 0 spiro atoms. The first-order chi connectivity index (χ1) is 11.1. The van der Waals surface area contributed by atoms with Crippen LogP contribution in [-0.4, -0.2) is 13.3 Å². The molecule has 0 saturated carbocycles. The van der Waals surface area contributed by atoms with Gasteiger partial charge >= 0.3 is 6.18 Å². The van der Waals surface area contributed by atoms with E-state index in [0.717, 1.165) is 24.3 Å². The number of nitro groups is 1. The number of nitro benzene ring substituents is 1. The fourth-order valence-electron chi connectivity index (χ4n) is 1.99. The van der Waals surface area contributed by atoms with Gasteiger partial charge < -0.3 is 0 Å². The Morgan fingerprint density at radius 3 is 2.38 bits per heavy atom. The van der Waals surface area contributed by atoms with Crippen molar-refractivity contribution in [2.75, 3.05) is 4.72 Å². The van der Waals surface area contributed by atoms with Crippen molar-refractivity contribution in [1.82, 2.24) is 0 Å². The third-order valence-electron chi connectivity index (χ3n) is 3.00. The number of benzene rings is 2. The summed E-state index contributed by atoms with van der Waals surface area (Å²) in [5.74, 6) is -0.736. The molecule has 0 amide bonds. The summed E-state index contributed by atoms with van der Waals surface area (Å²) in [7, 11) is -4.13. The predicted molar refractivity (Wildman–Crippen MR) is 80.8 cm³/mol. The molecule has 2 rings (SSSR count). The van der Waals surface area contributed by atoms with Gasteiger partial charge in [-0.3, -0.25) is 14.8 Å². The van der Waals surface area contributed by atoms with Gasteiger partial charge in [0.15, 0.2) is 0 Å². The number of anilines is 1. The van der Waals surface area contributed by atoms with Crippen molar-refractivity contribution in [3.63, 3.8) is 0 Å². The molecule has 0 heterocycles. The third-order valence-corrected chi connectivity index (χ3v) is 4.23. The minimum absolute atomic E-state index is 0.0676. The van der Waals surface area contributed by atoms with E-state index in [2.05, 4.69) is 0 Å². The number of sulfonamides is 1. The number of alkyl halides is 3. The first-order valence-corrected chi connectivity index (χ1v) is 8.14. The van der Waals surface area contributed by atoms with E-state index in [9.17, 15) is 31.7 Å². The van der Waals surface area contributed by atoms with Crippen LogP contribution in [-0.2, 0) is 22.0 Å². The zero-order valence-electron chi connectivity index (χ0n) is 11.9. The summed E-state index contributed by atoms with van der Waals surface area (Å²) in [6, 6.07) is 8.91. The van der Waals surface area contributed by atoms with Gasteiger partial charge in [0.1, 0.15) is 5.75 Å². The smallest absolute Gasteiger partial charge is 0.283 e. The highest BCUT2D eigenvalue weighted by Gasteiger charge is 2.30. The summed E-state index contributed by atoms with van der Waals surface area (Å²) in [6.45, 7) is 0. The van der Waals surface area contributed by atoms with Crippen molar-refractivity contribution >= 4 is 21.4 Å². The number of rotatable bonds is 5. The van der Waals surface area contributed by atoms with E-state index < -0.39 is 32.4 Å². The van der Waals surface area contributed by atoms with Crippen LogP contribution in [0.3, 0.4) is 0 Å². The zero-order chi connectivity index (χ0) is 18.0. The molecule has 6 nitrogen and oxygen atoms in total. The maximum absolute atomic E-state index is 12.6. The van der Waals surface area contributed by atoms with E-state index in [1.54, 1.807) is 0 Å². The molecular weight excluding hydrogens is 349 g/mol. The Bertz CT molecular complexity index is 866. The Labute approximate surface area is 135 Å². The second-order valence-corrected chi connectivity index (χ2v) is 6.55. The van der Waals surface area contributed by atoms with E-state index in [4.69, 9.17) is 0 Å². The molecule has 0 aromatic heterocycles. The van der Waals surface area contributed by atoms with Crippen LogP contribution in [0.4, 0.5) is 24.5 Å². The van der Waals surface area contributed by atoms with Gasteiger partial charge in [0.2, 0.25) is 10.0 Å². The molecular formula is C14H11F3N2O4S. The summed E-state index contributed by atoms with van der Waals surface area (Å²) in [6.07, 6.45) is -4.61. The second-order valence-electron chi connectivity index (χ2n) is 4.83. The van der Waals surface area contributed by atoms with E-state index >= 15 is 0 Å². The van der Waals surface area contributed by atoms with Crippen LogP contribution in [0.15, 0.2) is 48.5 Å². The van der Waals surface area contributed by atoms with Crippen molar-refractivity contribution in [3.8, 4) is 0 Å². The van der Waals surface area contributed by atoms with Crippen molar-refractivity contribution in [2.24, 2.45) is 0 Å². The Kier molecular flexibility index (Phi) is 4.78. The number of nitrogens with zero attached hydrogens (tertiary/aromatic N) is 1. The minimum atomic E-state index is -4.61. The highest BCUT2D eigenvalue weighted by Crippen LogP contribution is 2.31. The molecule has 0 saturated heterocycles. The van der Waals surface area contributed by atoms with Gasteiger partial charge in [-0.2, -0.15) is 13.2 Å². The van der Waals surface area contributed by atoms with Gasteiger partial charge in [0.05, 0.1) is 10.5 Å². The van der Waals surface area contributed by atoms with E-state index in [1.165, 1.54) is 18.2 Å². The summed E-state index contributed by atoms with van der Waals surface area (Å²) >= 11 is 0. The van der Waals surface area contributed by atoms with Gasteiger partial charge in [-0.25, -0.2) is 8.42 Å². The van der Waals surface area contributed by atoms with Crippen molar-refractivity contribution in [2.45, 2.75) is 11.9 Å². The maximum atomic E-state index is 12.6. The van der Waals surface area contributed by atoms with Gasteiger partial charge in [-0.1, -0.05) is 24.3 Å². The number of nitrogens with one attached hydrogen (secondary N) is 1. The molecule has 0 unspecified atom stereocenters. The zero-order valence-corrected chi connectivity index (χ0v) is 12.8. The molecule has 128 valence electrons. The molecule has 10 heteroatoms. The van der Waals surface area contributed by atoms with E-state index in [1.807, 2.05) is 4.72 Å². The van der Waals surface area contributed by atoms with Crippen molar-refractivity contribution in [3.05, 3.63) is 69.8 Å². The molecule has 0 aliphatic rings. The summed E-state index contributed by atoms with van der Waals surface area (Å²) < 4.78 is 64.1. The average Bonchev–Trinajstić information content (AvgIpc) is 2.46. The first kappa shape index (κ1) is 17.7. The van der Waals surface area contributed by atoms with Gasteiger partial charge in [-0.15, -0.1) is 0 Å². The van der Waals surface area contributed by atoms with Crippen molar-refractivity contribution in [1.29, 1.82) is 0 Å². The van der Waals surface area contributed by atoms with Crippen LogP contribution < -0.4 is 4.72 Å². The van der Waals surface area contributed by atoms with Gasteiger partial charge in [0.25, 0.3) is 5.69 Å². The van der Waals surface area contributed by atoms with Gasteiger partial charge in [-0.05, 0) is 18.2 Å².